The second kappa shape index (κ2) is 4.74. The van der Waals surface area contributed by atoms with Crippen LogP contribution in [0.1, 0.15) is 0 Å². The van der Waals surface area contributed by atoms with Crippen LogP contribution in [0.4, 0.5) is 5.82 Å². The van der Waals surface area contributed by atoms with Crippen LogP contribution in [0.2, 0.25) is 5.15 Å². The third kappa shape index (κ3) is 3.04. The van der Waals surface area contributed by atoms with Crippen LogP contribution in [-0.4, -0.2) is 31.5 Å². The van der Waals surface area contributed by atoms with Crippen molar-refractivity contribution in [3.8, 4) is 0 Å². The maximum Gasteiger partial charge on any atom is 0.186 e. The van der Waals surface area contributed by atoms with E-state index in [1.165, 1.54) is 0 Å². The Morgan fingerprint density at radius 3 is 2.92 bits per heavy atom. The molecule has 0 aliphatic carbocycles. The second-order valence-corrected chi connectivity index (χ2v) is 4.55. The molecular weight excluding hydrogens is 218 g/mol. The molecule has 0 fully saturated rings. The van der Waals surface area contributed by atoms with Crippen molar-refractivity contribution >= 4 is 39.9 Å². The third-order valence-corrected chi connectivity index (χ3v) is 2.80. The average Bonchev–Trinajstić information content (AvgIpc) is 2.36. The molecule has 68 valence electrons. The number of aromatic nitrogens is 2. The van der Waals surface area contributed by atoms with Gasteiger partial charge in [-0.15, -0.1) is 0 Å². The summed E-state index contributed by atoms with van der Waals surface area (Å²) in [4.78, 5) is 0. The van der Waals surface area contributed by atoms with Gasteiger partial charge in [-0.25, -0.2) is 0 Å². The number of halogens is 1. The summed E-state index contributed by atoms with van der Waals surface area (Å²) < 4.78 is 18.3. The first-order valence-corrected chi connectivity index (χ1v) is 6.05. The van der Waals surface area contributed by atoms with Crippen LogP contribution in [0.15, 0.2) is 0 Å². The van der Waals surface area contributed by atoms with Gasteiger partial charge in [-0.2, -0.15) is 8.75 Å². The molecule has 1 rings (SSSR count). The highest BCUT2D eigenvalue weighted by molar-refractivity contribution is 7.84. The highest BCUT2D eigenvalue weighted by Gasteiger charge is 2.03. The van der Waals surface area contributed by atoms with E-state index in [0.717, 1.165) is 11.7 Å². The van der Waals surface area contributed by atoms with Crippen LogP contribution in [0, 0.1) is 0 Å². The van der Waals surface area contributed by atoms with Crippen LogP contribution < -0.4 is 5.32 Å². The van der Waals surface area contributed by atoms with E-state index in [1.54, 1.807) is 6.26 Å². The van der Waals surface area contributed by atoms with Crippen molar-refractivity contribution in [3.05, 3.63) is 5.15 Å². The van der Waals surface area contributed by atoms with Crippen molar-refractivity contribution in [1.82, 2.24) is 8.75 Å². The van der Waals surface area contributed by atoms with E-state index in [0.29, 0.717) is 23.3 Å². The summed E-state index contributed by atoms with van der Waals surface area (Å²) in [5, 5.41) is 3.31. The fourth-order valence-corrected chi connectivity index (χ4v) is 1.67. The van der Waals surface area contributed by atoms with E-state index in [1.807, 2.05) is 0 Å². The Labute approximate surface area is 82.1 Å². The Morgan fingerprint density at radius 2 is 2.42 bits per heavy atom. The summed E-state index contributed by atoms with van der Waals surface area (Å²) >= 11 is 6.71. The summed E-state index contributed by atoms with van der Waals surface area (Å²) in [5.41, 5.74) is 0. The maximum atomic E-state index is 10.7. The Morgan fingerprint density at radius 1 is 1.67 bits per heavy atom. The number of hydrogen-bond donors (Lipinski definition) is 1. The van der Waals surface area contributed by atoms with Gasteiger partial charge in [0.25, 0.3) is 0 Å². The molecule has 1 heterocycles. The molecule has 1 N–H and O–H groups in total. The van der Waals surface area contributed by atoms with Crippen LogP contribution in [0.3, 0.4) is 0 Å². The summed E-state index contributed by atoms with van der Waals surface area (Å²) in [6, 6.07) is 0. The maximum absolute atomic E-state index is 10.7. The van der Waals surface area contributed by atoms with Gasteiger partial charge in [-0.05, 0) is 0 Å². The van der Waals surface area contributed by atoms with Crippen molar-refractivity contribution in [2.45, 2.75) is 0 Å². The standard InChI is InChI=1S/C5H8ClN3OS2/c1-12(10)3-2-7-5-4(6)8-11-9-5/h2-3H2,1H3,(H,7,9). The molecule has 0 aliphatic rings. The van der Waals surface area contributed by atoms with Crippen molar-refractivity contribution in [3.63, 3.8) is 0 Å². The number of nitrogens with one attached hydrogen (secondary N) is 1. The molecule has 0 bridgehead atoms. The SMILES string of the molecule is CS(=O)CCNc1nsnc1Cl. The Balaban J connectivity index is 2.33. The minimum absolute atomic E-state index is 0.377. The quantitative estimate of drug-likeness (QED) is 0.830. The molecule has 4 nitrogen and oxygen atoms in total. The van der Waals surface area contributed by atoms with E-state index in [2.05, 4.69) is 14.1 Å². The third-order valence-electron chi connectivity index (χ3n) is 1.13. The minimum atomic E-state index is -0.784. The van der Waals surface area contributed by atoms with E-state index in [9.17, 15) is 4.21 Å². The van der Waals surface area contributed by atoms with Gasteiger partial charge in [-0.3, -0.25) is 4.21 Å². The second-order valence-electron chi connectivity index (χ2n) is 2.11. The zero-order chi connectivity index (χ0) is 8.97. The Bertz CT molecular complexity index is 277. The normalized spacial score (nSPS) is 12.8. The summed E-state index contributed by atoms with van der Waals surface area (Å²) in [5.74, 6) is 1.17. The lowest BCUT2D eigenvalue weighted by Gasteiger charge is -1.99. The van der Waals surface area contributed by atoms with Crippen LogP contribution >= 0.6 is 23.3 Å². The molecule has 0 spiro atoms. The molecule has 1 aromatic heterocycles. The molecular formula is C5H8ClN3OS2. The van der Waals surface area contributed by atoms with Crippen molar-refractivity contribution < 1.29 is 4.21 Å². The molecule has 12 heavy (non-hydrogen) atoms. The largest absolute Gasteiger partial charge is 0.366 e. The highest BCUT2D eigenvalue weighted by atomic mass is 35.5. The van der Waals surface area contributed by atoms with Crippen molar-refractivity contribution in [2.75, 3.05) is 23.9 Å². The first-order valence-electron chi connectivity index (χ1n) is 3.22. The molecule has 7 heteroatoms. The first-order chi connectivity index (χ1) is 5.70. The van der Waals surface area contributed by atoms with E-state index in [4.69, 9.17) is 11.6 Å². The number of anilines is 1. The summed E-state index contributed by atoms with van der Waals surface area (Å²) in [6.45, 7) is 0.605. The van der Waals surface area contributed by atoms with Gasteiger partial charge in [0, 0.05) is 29.4 Å². The van der Waals surface area contributed by atoms with Crippen molar-refractivity contribution in [1.29, 1.82) is 0 Å². The van der Waals surface area contributed by atoms with E-state index >= 15 is 0 Å². The van der Waals surface area contributed by atoms with Gasteiger partial charge >= 0.3 is 0 Å². The average molecular weight is 226 g/mol. The lowest BCUT2D eigenvalue weighted by atomic mass is 10.6. The first kappa shape index (κ1) is 9.88. The predicted octanol–water partition coefficient (Wildman–Crippen LogP) is 0.982. The number of hydrogen-bond acceptors (Lipinski definition) is 5. The van der Waals surface area contributed by atoms with Gasteiger partial charge in [0.15, 0.2) is 11.0 Å². The molecule has 0 radical (unpaired) electrons. The molecule has 1 atom stereocenters. The molecule has 0 amide bonds. The van der Waals surface area contributed by atoms with E-state index < -0.39 is 10.8 Å². The fraction of sp³-hybridized carbons (Fsp3) is 0.600. The fourth-order valence-electron chi connectivity index (χ4n) is 0.596. The van der Waals surface area contributed by atoms with Crippen LogP contribution in [-0.2, 0) is 10.8 Å². The van der Waals surface area contributed by atoms with E-state index in [-0.39, 0.29) is 0 Å². The lowest BCUT2D eigenvalue weighted by Crippen LogP contribution is -2.10. The molecule has 1 aromatic rings. The van der Waals surface area contributed by atoms with Gasteiger partial charge in [0.1, 0.15) is 0 Å². The van der Waals surface area contributed by atoms with Crippen LogP contribution in [0.25, 0.3) is 0 Å². The summed E-state index contributed by atoms with van der Waals surface area (Å²) in [7, 11) is -0.784. The number of rotatable bonds is 4. The molecule has 0 aromatic carbocycles. The zero-order valence-electron chi connectivity index (χ0n) is 6.41. The highest BCUT2D eigenvalue weighted by Crippen LogP contribution is 2.16. The van der Waals surface area contributed by atoms with Crippen molar-refractivity contribution in [2.24, 2.45) is 0 Å². The molecule has 0 aliphatic heterocycles. The predicted molar refractivity (Wildman–Crippen MR) is 52.3 cm³/mol. The smallest absolute Gasteiger partial charge is 0.186 e. The van der Waals surface area contributed by atoms with Gasteiger partial charge in [0.05, 0.1) is 11.7 Å². The van der Waals surface area contributed by atoms with Gasteiger partial charge in [0.2, 0.25) is 0 Å². The summed E-state index contributed by atoms with van der Waals surface area (Å²) in [6.07, 6.45) is 1.66. The van der Waals surface area contributed by atoms with Crippen LogP contribution in [0.5, 0.6) is 0 Å². The van der Waals surface area contributed by atoms with Gasteiger partial charge < -0.3 is 5.32 Å². The minimum Gasteiger partial charge on any atom is -0.366 e. The molecule has 0 saturated carbocycles. The topological polar surface area (TPSA) is 54.9 Å². The number of nitrogens with zero attached hydrogens (tertiary/aromatic N) is 2. The van der Waals surface area contributed by atoms with Gasteiger partial charge in [-0.1, -0.05) is 11.6 Å². The zero-order valence-corrected chi connectivity index (χ0v) is 8.80. The Kier molecular flexibility index (Phi) is 3.90. The molecule has 0 saturated heterocycles. The Hall–Kier alpha value is -0.200. The lowest BCUT2D eigenvalue weighted by molar-refractivity contribution is 0.687. The monoisotopic (exact) mass is 225 g/mol. The molecule has 1 unspecified atom stereocenters.